The summed E-state index contributed by atoms with van der Waals surface area (Å²) in [6.07, 6.45) is 7.62. The number of likely N-dealkylation sites (tertiary alicyclic amines) is 1. The van der Waals surface area contributed by atoms with Gasteiger partial charge in [-0.1, -0.05) is 49.2 Å². The monoisotopic (exact) mass is 641 g/mol. The van der Waals surface area contributed by atoms with Crippen molar-refractivity contribution in [3.8, 4) is 0 Å². The van der Waals surface area contributed by atoms with Gasteiger partial charge in [-0.15, -0.1) is 0 Å². The molecule has 13 nitrogen and oxygen atoms in total. The van der Waals surface area contributed by atoms with Gasteiger partial charge in [0.15, 0.2) is 5.58 Å². The highest BCUT2D eigenvalue weighted by Crippen LogP contribution is 2.48. The van der Waals surface area contributed by atoms with Crippen LogP contribution in [0.4, 0.5) is 4.39 Å². The number of carboxylic acids is 4. The van der Waals surface area contributed by atoms with Gasteiger partial charge in [-0.3, -0.25) is 4.90 Å². The Morgan fingerprint density at radius 3 is 2.02 bits per heavy atom. The molecule has 0 saturated carbocycles. The van der Waals surface area contributed by atoms with Gasteiger partial charge in [0.05, 0.1) is 0 Å². The molecule has 0 bridgehead atoms. The molecule has 0 spiro atoms. The van der Waals surface area contributed by atoms with E-state index in [-0.39, 0.29) is 11.7 Å². The van der Waals surface area contributed by atoms with E-state index in [0.717, 1.165) is 55.4 Å². The lowest BCUT2D eigenvalue weighted by Gasteiger charge is -2.54. The van der Waals surface area contributed by atoms with E-state index in [0.29, 0.717) is 36.4 Å². The van der Waals surface area contributed by atoms with Crippen LogP contribution < -0.4 is 0 Å². The van der Waals surface area contributed by atoms with Gasteiger partial charge >= 0.3 is 23.9 Å². The Labute approximate surface area is 263 Å². The average molecular weight is 642 g/mol. The smallest absolute Gasteiger partial charge is 0.328 e. The highest BCUT2D eigenvalue weighted by Gasteiger charge is 2.49. The van der Waals surface area contributed by atoms with E-state index >= 15 is 0 Å². The fourth-order valence-electron chi connectivity index (χ4n) is 5.80. The molecule has 5 rings (SSSR count). The topological polar surface area (TPSA) is 202 Å². The van der Waals surface area contributed by atoms with Crippen LogP contribution in [-0.4, -0.2) is 84.3 Å². The van der Waals surface area contributed by atoms with Crippen LogP contribution >= 0.6 is 0 Å². The number of halogens is 1. The third kappa shape index (κ3) is 8.84. The van der Waals surface area contributed by atoms with E-state index in [9.17, 15) is 28.8 Å². The molecule has 0 amide bonds. The molecule has 5 N–H and O–H groups in total. The number of fused-ring (bicyclic) bond motifs is 2. The van der Waals surface area contributed by atoms with Crippen LogP contribution in [0.25, 0.3) is 11.0 Å². The molecule has 3 heterocycles. The Kier molecular flexibility index (Phi) is 12.7. The Hall–Kier alpha value is -4.92. The number of rotatable bonds is 8. The Morgan fingerprint density at radius 2 is 1.48 bits per heavy atom. The normalized spacial score (nSPS) is 19.9. The fraction of sp³-hybridized carbons (Fsp3) is 0.344. The number of hydroxylamine groups is 2. The molecular formula is C32H36FN3O10. The van der Waals surface area contributed by atoms with Crippen LogP contribution in [0, 0.1) is 5.82 Å². The summed E-state index contributed by atoms with van der Waals surface area (Å²) in [7, 11) is 0. The molecule has 1 aromatic heterocycles. The van der Waals surface area contributed by atoms with Crippen LogP contribution in [0.15, 0.2) is 71.3 Å². The molecule has 2 unspecified atom stereocenters. The van der Waals surface area contributed by atoms with Crippen molar-refractivity contribution in [2.75, 3.05) is 19.6 Å². The van der Waals surface area contributed by atoms with Crippen molar-refractivity contribution in [1.82, 2.24) is 15.1 Å². The van der Waals surface area contributed by atoms with Crippen molar-refractivity contribution >= 4 is 34.8 Å². The number of hydrogen-bond acceptors (Lipinski definition) is 9. The van der Waals surface area contributed by atoms with Gasteiger partial charge in [-0.2, -0.15) is 5.06 Å². The van der Waals surface area contributed by atoms with Crippen molar-refractivity contribution in [3.05, 3.63) is 89.4 Å². The van der Waals surface area contributed by atoms with Crippen molar-refractivity contribution < 1.29 is 53.7 Å². The van der Waals surface area contributed by atoms with Gasteiger partial charge in [-0.05, 0) is 42.5 Å². The lowest BCUT2D eigenvalue weighted by molar-refractivity contribution is -0.251. The van der Waals surface area contributed by atoms with Crippen molar-refractivity contribution in [1.29, 1.82) is 0 Å². The molecule has 246 valence electrons. The number of piperidine rings is 1. The van der Waals surface area contributed by atoms with Gasteiger partial charge in [0.25, 0.3) is 0 Å². The van der Waals surface area contributed by atoms with Crippen LogP contribution in [-0.2, 0) is 24.8 Å². The number of nitrogens with zero attached hydrogens (tertiary/aromatic N) is 3. The van der Waals surface area contributed by atoms with E-state index in [1.165, 1.54) is 24.1 Å². The second-order valence-electron chi connectivity index (χ2n) is 10.6. The van der Waals surface area contributed by atoms with Gasteiger partial charge in [0, 0.05) is 61.3 Å². The molecule has 1 fully saturated rings. The standard InChI is InChI=1S/C24H28FN3O2.2C4H4O4/c1-2-12-24(27-13-6-3-7-14-27)21-9-5-4-8-18(21)20(16-28(24)29)23-19-11-10-17(25)15-22(19)30-26-23;2*5-3(6)1-2-4(7)8/h4-5,8-11,15,20,29H,2-3,6-7,12-14,16H2,1H3;2*1-2H,(H,5,6)(H,7,8). The first kappa shape index (κ1) is 35.6. The summed E-state index contributed by atoms with van der Waals surface area (Å²) in [6, 6.07) is 12.9. The van der Waals surface area contributed by atoms with Crippen LogP contribution in [0.5, 0.6) is 0 Å². The minimum Gasteiger partial charge on any atom is -0.478 e. The van der Waals surface area contributed by atoms with Crippen LogP contribution in [0.3, 0.4) is 0 Å². The van der Waals surface area contributed by atoms with E-state index in [2.05, 4.69) is 35.2 Å². The highest BCUT2D eigenvalue weighted by molar-refractivity contribution is 5.90. The second-order valence-corrected chi connectivity index (χ2v) is 10.6. The molecule has 2 aliphatic heterocycles. The quantitative estimate of drug-likeness (QED) is 0.213. The lowest BCUT2D eigenvalue weighted by Crippen LogP contribution is -2.61. The van der Waals surface area contributed by atoms with Gasteiger partial charge in [0.1, 0.15) is 17.2 Å². The first-order valence-electron chi connectivity index (χ1n) is 14.5. The molecule has 3 aromatic rings. The zero-order valence-electron chi connectivity index (χ0n) is 25.1. The molecule has 46 heavy (non-hydrogen) atoms. The van der Waals surface area contributed by atoms with Gasteiger partial charge in [-0.25, -0.2) is 23.6 Å². The van der Waals surface area contributed by atoms with Gasteiger partial charge < -0.3 is 30.2 Å². The summed E-state index contributed by atoms with van der Waals surface area (Å²) < 4.78 is 19.1. The zero-order valence-corrected chi connectivity index (χ0v) is 25.1. The fourth-order valence-corrected chi connectivity index (χ4v) is 5.80. The van der Waals surface area contributed by atoms with Crippen molar-refractivity contribution in [2.45, 2.75) is 50.6 Å². The maximum atomic E-state index is 13.6. The number of hydrogen-bond donors (Lipinski definition) is 5. The summed E-state index contributed by atoms with van der Waals surface area (Å²) >= 11 is 0. The third-order valence-electron chi connectivity index (χ3n) is 7.56. The van der Waals surface area contributed by atoms with Crippen LogP contribution in [0.1, 0.15) is 61.8 Å². The third-order valence-corrected chi connectivity index (χ3v) is 7.56. The molecule has 0 radical (unpaired) electrons. The molecule has 2 aliphatic rings. The molecule has 0 aliphatic carbocycles. The van der Waals surface area contributed by atoms with Crippen molar-refractivity contribution in [3.63, 3.8) is 0 Å². The number of carboxylic acid groups (broad SMARTS) is 4. The molecule has 1 saturated heterocycles. The minimum atomic E-state index is -1.26. The highest BCUT2D eigenvalue weighted by atomic mass is 19.1. The number of aromatic nitrogens is 1. The summed E-state index contributed by atoms with van der Waals surface area (Å²) in [4.78, 5) is 40.7. The first-order chi connectivity index (χ1) is 21.9. The first-order valence-corrected chi connectivity index (χ1v) is 14.5. The van der Waals surface area contributed by atoms with E-state index in [4.69, 9.17) is 24.9 Å². The predicted molar refractivity (Wildman–Crippen MR) is 162 cm³/mol. The average Bonchev–Trinajstić information content (AvgIpc) is 3.44. The summed E-state index contributed by atoms with van der Waals surface area (Å²) in [5.41, 5.74) is 2.98. The number of benzene rings is 2. The molecule has 14 heteroatoms. The zero-order chi connectivity index (χ0) is 33.9. The Balaban J connectivity index is 0.000000299. The van der Waals surface area contributed by atoms with Crippen molar-refractivity contribution in [2.24, 2.45) is 0 Å². The molecule has 2 aromatic carbocycles. The predicted octanol–water partition coefficient (Wildman–Crippen LogP) is 4.67. The number of aliphatic carboxylic acids is 4. The van der Waals surface area contributed by atoms with Gasteiger partial charge in [0.2, 0.25) is 0 Å². The SMILES string of the molecule is CCCC1(N2CCCCC2)c2ccccc2C(c2noc3cc(F)ccc23)CN1O.O=C(O)C=CC(=O)O.O=C(O)C=CC(=O)O. The minimum absolute atomic E-state index is 0.146. The van der Waals surface area contributed by atoms with E-state index < -0.39 is 29.5 Å². The summed E-state index contributed by atoms with van der Waals surface area (Å²) in [6.45, 7) is 4.57. The Bertz CT molecular complexity index is 1530. The summed E-state index contributed by atoms with van der Waals surface area (Å²) in [5.74, 6) is -5.52. The lowest BCUT2D eigenvalue weighted by atomic mass is 9.77. The number of carbonyl (C=O) groups is 4. The largest absolute Gasteiger partial charge is 0.478 e. The summed E-state index contributed by atoms with van der Waals surface area (Å²) in [5, 5.41) is 49.4. The molecule has 2 atom stereocenters. The maximum Gasteiger partial charge on any atom is 0.328 e. The Morgan fingerprint density at radius 1 is 0.913 bits per heavy atom. The van der Waals surface area contributed by atoms with Crippen LogP contribution in [0.2, 0.25) is 0 Å². The van der Waals surface area contributed by atoms with E-state index in [1.807, 2.05) is 6.07 Å². The molecular weight excluding hydrogens is 605 g/mol. The maximum absolute atomic E-state index is 13.6. The van der Waals surface area contributed by atoms with E-state index in [1.54, 1.807) is 11.1 Å². The second kappa shape index (κ2) is 16.4.